The number of pyridine rings is 1. The molecule has 0 atom stereocenters. The third-order valence-electron chi connectivity index (χ3n) is 2.18. The van der Waals surface area contributed by atoms with Gasteiger partial charge in [0.1, 0.15) is 5.78 Å². The second-order valence-corrected chi connectivity index (χ2v) is 3.73. The van der Waals surface area contributed by atoms with Crippen LogP contribution in [0, 0.1) is 6.92 Å². The van der Waals surface area contributed by atoms with Crippen LogP contribution in [0.1, 0.15) is 37.4 Å². The van der Waals surface area contributed by atoms with E-state index in [0.717, 1.165) is 25.0 Å². The van der Waals surface area contributed by atoms with E-state index in [4.69, 9.17) is 0 Å². The normalized spacial score (nSPS) is 10.1. The molecule has 0 unspecified atom stereocenters. The monoisotopic (exact) mass is 191 g/mol. The predicted octanol–water partition coefficient (Wildman–Crippen LogP) is 2.69. The maximum atomic E-state index is 10.7. The fourth-order valence-corrected chi connectivity index (χ4v) is 1.42. The van der Waals surface area contributed by atoms with Crippen molar-refractivity contribution >= 4 is 5.78 Å². The summed E-state index contributed by atoms with van der Waals surface area (Å²) in [5.74, 6) is 0.280. The number of hydrogen-bond acceptors (Lipinski definition) is 2. The van der Waals surface area contributed by atoms with E-state index in [1.807, 2.05) is 12.3 Å². The van der Waals surface area contributed by atoms with Crippen LogP contribution in [0.3, 0.4) is 0 Å². The molecule has 2 heteroatoms. The summed E-state index contributed by atoms with van der Waals surface area (Å²) < 4.78 is 0. The summed E-state index contributed by atoms with van der Waals surface area (Å²) in [4.78, 5) is 15.0. The van der Waals surface area contributed by atoms with Crippen LogP contribution < -0.4 is 0 Å². The third kappa shape index (κ3) is 4.17. The van der Waals surface area contributed by atoms with Gasteiger partial charge in [-0.25, -0.2) is 0 Å². The van der Waals surface area contributed by atoms with Crippen molar-refractivity contribution in [2.45, 2.75) is 39.5 Å². The number of Topliss-reactive ketones (excluding diaryl/α,β-unsaturated/α-hetero) is 1. The number of carbonyl (C=O) groups excluding carboxylic acids is 1. The molecule has 0 radical (unpaired) electrons. The Balaban J connectivity index is 2.28. The van der Waals surface area contributed by atoms with Crippen LogP contribution in [0.5, 0.6) is 0 Å². The van der Waals surface area contributed by atoms with Crippen molar-refractivity contribution in [3.63, 3.8) is 0 Å². The summed E-state index contributed by atoms with van der Waals surface area (Å²) in [6.45, 7) is 3.71. The van der Waals surface area contributed by atoms with Gasteiger partial charge in [0.25, 0.3) is 0 Å². The summed E-state index contributed by atoms with van der Waals surface area (Å²) in [5, 5.41) is 0. The van der Waals surface area contributed by atoms with Gasteiger partial charge in [0.15, 0.2) is 0 Å². The van der Waals surface area contributed by atoms with Crippen molar-refractivity contribution in [3.05, 3.63) is 29.6 Å². The molecule has 1 aromatic heterocycles. The first kappa shape index (κ1) is 10.9. The fourth-order valence-electron chi connectivity index (χ4n) is 1.42. The Hall–Kier alpha value is -1.18. The molecular weight excluding hydrogens is 174 g/mol. The van der Waals surface area contributed by atoms with Crippen LogP contribution in [0.25, 0.3) is 0 Å². The average molecular weight is 191 g/mol. The van der Waals surface area contributed by atoms with Crippen molar-refractivity contribution in [1.29, 1.82) is 0 Å². The molecule has 0 amide bonds. The molecular formula is C12H17NO. The molecule has 0 fully saturated rings. The smallest absolute Gasteiger partial charge is 0.129 e. The standard InChI is InChI=1S/C12H17NO/c1-10-7-8-13-12(9-10)6-4-3-5-11(2)14/h7-9H,3-6H2,1-2H3. The highest BCUT2D eigenvalue weighted by Crippen LogP contribution is 2.06. The Morgan fingerprint density at radius 1 is 1.43 bits per heavy atom. The molecule has 0 aromatic carbocycles. The highest BCUT2D eigenvalue weighted by molar-refractivity contribution is 5.75. The zero-order valence-corrected chi connectivity index (χ0v) is 8.92. The van der Waals surface area contributed by atoms with Gasteiger partial charge in [-0.1, -0.05) is 0 Å². The van der Waals surface area contributed by atoms with Gasteiger partial charge in [0.2, 0.25) is 0 Å². The summed E-state index contributed by atoms with van der Waals surface area (Å²) in [7, 11) is 0. The van der Waals surface area contributed by atoms with Crippen LogP contribution in [-0.2, 0) is 11.2 Å². The highest BCUT2D eigenvalue weighted by Gasteiger charge is 1.97. The summed E-state index contributed by atoms with van der Waals surface area (Å²) >= 11 is 0. The SMILES string of the molecule is CC(=O)CCCCc1cc(C)ccn1. The van der Waals surface area contributed by atoms with Crippen molar-refractivity contribution in [3.8, 4) is 0 Å². The predicted molar refractivity (Wildman–Crippen MR) is 57.2 cm³/mol. The molecule has 0 saturated carbocycles. The lowest BCUT2D eigenvalue weighted by molar-refractivity contribution is -0.117. The van der Waals surface area contributed by atoms with E-state index >= 15 is 0 Å². The van der Waals surface area contributed by atoms with E-state index in [-0.39, 0.29) is 5.78 Å². The molecule has 1 rings (SSSR count). The van der Waals surface area contributed by atoms with E-state index in [2.05, 4.69) is 18.0 Å². The molecule has 2 nitrogen and oxygen atoms in total. The quantitative estimate of drug-likeness (QED) is 0.670. The summed E-state index contributed by atoms with van der Waals surface area (Å²) in [6, 6.07) is 4.10. The minimum Gasteiger partial charge on any atom is -0.300 e. The maximum absolute atomic E-state index is 10.7. The molecule has 0 N–H and O–H groups in total. The topological polar surface area (TPSA) is 30.0 Å². The van der Waals surface area contributed by atoms with Gasteiger partial charge in [-0.15, -0.1) is 0 Å². The summed E-state index contributed by atoms with van der Waals surface area (Å²) in [6.07, 6.45) is 5.55. The van der Waals surface area contributed by atoms with Crippen LogP contribution in [0.4, 0.5) is 0 Å². The van der Waals surface area contributed by atoms with Crippen molar-refractivity contribution < 1.29 is 4.79 Å². The Morgan fingerprint density at radius 2 is 2.21 bits per heavy atom. The fraction of sp³-hybridized carbons (Fsp3) is 0.500. The van der Waals surface area contributed by atoms with E-state index in [0.29, 0.717) is 6.42 Å². The first-order valence-corrected chi connectivity index (χ1v) is 5.09. The van der Waals surface area contributed by atoms with E-state index in [1.54, 1.807) is 6.92 Å². The van der Waals surface area contributed by atoms with Crippen molar-refractivity contribution in [2.24, 2.45) is 0 Å². The highest BCUT2D eigenvalue weighted by atomic mass is 16.1. The molecule has 76 valence electrons. The molecule has 0 aliphatic carbocycles. The molecule has 0 bridgehead atoms. The molecule has 0 aliphatic rings. The number of aryl methyl sites for hydroxylation is 2. The third-order valence-corrected chi connectivity index (χ3v) is 2.18. The largest absolute Gasteiger partial charge is 0.300 e. The maximum Gasteiger partial charge on any atom is 0.129 e. The van der Waals surface area contributed by atoms with Gasteiger partial charge in [0, 0.05) is 18.3 Å². The Morgan fingerprint density at radius 3 is 2.86 bits per heavy atom. The number of carbonyl (C=O) groups is 1. The Labute approximate surface area is 85.4 Å². The van der Waals surface area contributed by atoms with E-state index in [1.165, 1.54) is 5.56 Å². The summed E-state index contributed by atoms with van der Waals surface area (Å²) in [5.41, 5.74) is 2.38. The second-order valence-electron chi connectivity index (χ2n) is 3.73. The number of aromatic nitrogens is 1. The lowest BCUT2D eigenvalue weighted by Crippen LogP contribution is -1.93. The number of ketones is 1. The van der Waals surface area contributed by atoms with Crippen LogP contribution in [-0.4, -0.2) is 10.8 Å². The number of unbranched alkanes of at least 4 members (excludes halogenated alkanes) is 1. The lowest BCUT2D eigenvalue weighted by Gasteiger charge is -2.00. The van der Waals surface area contributed by atoms with Crippen LogP contribution in [0.15, 0.2) is 18.3 Å². The van der Waals surface area contributed by atoms with Crippen molar-refractivity contribution in [2.75, 3.05) is 0 Å². The Bertz CT molecular complexity index is 307. The molecule has 0 spiro atoms. The molecule has 0 aliphatic heterocycles. The van der Waals surface area contributed by atoms with Crippen LogP contribution in [0.2, 0.25) is 0 Å². The van der Waals surface area contributed by atoms with Gasteiger partial charge in [-0.05, 0) is 50.8 Å². The number of rotatable bonds is 5. The lowest BCUT2D eigenvalue weighted by atomic mass is 10.1. The molecule has 1 heterocycles. The van der Waals surface area contributed by atoms with E-state index < -0.39 is 0 Å². The molecule has 0 saturated heterocycles. The molecule has 1 aromatic rings. The van der Waals surface area contributed by atoms with Crippen LogP contribution >= 0.6 is 0 Å². The minimum atomic E-state index is 0.280. The first-order valence-electron chi connectivity index (χ1n) is 5.09. The number of hydrogen-bond donors (Lipinski definition) is 0. The first-order chi connectivity index (χ1) is 6.68. The number of nitrogens with zero attached hydrogens (tertiary/aromatic N) is 1. The van der Waals surface area contributed by atoms with Gasteiger partial charge in [0.05, 0.1) is 0 Å². The molecule has 14 heavy (non-hydrogen) atoms. The van der Waals surface area contributed by atoms with Gasteiger partial charge < -0.3 is 4.79 Å². The minimum absolute atomic E-state index is 0.280. The average Bonchev–Trinajstić information content (AvgIpc) is 2.12. The van der Waals surface area contributed by atoms with Gasteiger partial charge >= 0.3 is 0 Å². The van der Waals surface area contributed by atoms with E-state index in [9.17, 15) is 4.79 Å². The van der Waals surface area contributed by atoms with Crippen molar-refractivity contribution in [1.82, 2.24) is 4.98 Å². The van der Waals surface area contributed by atoms with Gasteiger partial charge in [-0.3, -0.25) is 4.98 Å². The van der Waals surface area contributed by atoms with Gasteiger partial charge in [-0.2, -0.15) is 0 Å². The zero-order chi connectivity index (χ0) is 10.4. The zero-order valence-electron chi connectivity index (χ0n) is 8.92. The Kier molecular flexibility index (Phi) is 4.30. The second kappa shape index (κ2) is 5.53.